The maximum Gasteiger partial charge on any atom is 0.366 e. The predicted octanol–water partition coefficient (Wildman–Crippen LogP) is 0.732. The SMILES string of the molecule is COC(=O)[C@@]1(OC)C[C@H](OC(C)=O)[C@@H](OC(C)=O)[C@H]([C@H](OC(C)=O)[C@@H](COS(=O)(=O)c2ccc(C)cc2)OC(C)=O)O1. The summed E-state index contributed by atoms with van der Waals surface area (Å²) in [4.78, 5) is 61.1. The first-order valence-electron chi connectivity index (χ1n) is 12.5. The molecule has 1 heterocycles. The molecule has 0 spiro atoms. The quantitative estimate of drug-likeness (QED) is 0.181. The van der Waals surface area contributed by atoms with Crippen LogP contribution in [0.1, 0.15) is 39.7 Å². The van der Waals surface area contributed by atoms with Gasteiger partial charge >= 0.3 is 29.8 Å². The topological polar surface area (TPSA) is 193 Å². The summed E-state index contributed by atoms with van der Waals surface area (Å²) in [5.41, 5.74) is 0.780. The number of hydrogen-bond acceptors (Lipinski definition) is 15. The van der Waals surface area contributed by atoms with Crippen molar-refractivity contribution in [2.45, 2.75) is 82.2 Å². The fourth-order valence-corrected chi connectivity index (χ4v) is 5.14. The number of rotatable bonds is 12. The van der Waals surface area contributed by atoms with Gasteiger partial charge in [-0.05, 0) is 19.1 Å². The van der Waals surface area contributed by atoms with E-state index in [9.17, 15) is 32.4 Å². The van der Waals surface area contributed by atoms with Gasteiger partial charge in [0, 0.05) is 34.8 Å². The Morgan fingerprint density at radius 3 is 1.95 bits per heavy atom. The Hall–Kier alpha value is -3.60. The largest absolute Gasteiger partial charge is 0.465 e. The zero-order chi connectivity index (χ0) is 31.8. The van der Waals surface area contributed by atoms with Crippen molar-refractivity contribution in [2.24, 2.45) is 0 Å². The molecule has 0 aliphatic carbocycles. The van der Waals surface area contributed by atoms with E-state index >= 15 is 0 Å². The number of esters is 5. The van der Waals surface area contributed by atoms with Gasteiger partial charge in [-0.2, -0.15) is 8.42 Å². The molecular weight excluding hydrogens is 584 g/mol. The molecule has 1 aromatic rings. The number of hydrogen-bond donors (Lipinski definition) is 0. The van der Waals surface area contributed by atoms with Gasteiger partial charge in [0.05, 0.1) is 18.4 Å². The molecule has 2 rings (SSSR count). The summed E-state index contributed by atoms with van der Waals surface area (Å²) in [7, 11) is -2.33. The Labute approximate surface area is 242 Å². The first-order chi connectivity index (χ1) is 19.5. The third-order valence-corrected chi connectivity index (χ3v) is 7.23. The standard InChI is InChI=1S/C26H34O15S/c1-14-8-10-19(11-9-14)42(32,33)36-13-21(38-16(3)28)23(40-18(5)30)24-22(39-17(4)29)20(37-15(2)27)12-26(35-7,41-24)25(31)34-6/h8-11,20-24H,12-13H2,1-7H3/t20-,21+,22+,23+,24+,26+/m0/s1. The molecule has 6 atom stereocenters. The van der Waals surface area contributed by atoms with E-state index < -0.39 is 89.3 Å². The van der Waals surface area contributed by atoms with E-state index in [1.54, 1.807) is 6.92 Å². The van der Waals surface area contributed by atoms with E-state index in [1.807, 2.05) is 0 Å². The number of aryl methyl sites for hydroxylation is 1. The second kappa shape index (κ2) is 14.5. The van der Waals surface area contributed by atoms with Crippen molar-refractivity contribution in [2.75, 3.05) is 20.8 Å². The molecule has 0 radical (unpaired) electrons. The molecule has 1 aromatic carbocycles. The van der Waals surface area contributed by atoms with Crippen LogP contribution in [0.3, 0.4) is 0 Å². The Bertz CT molecular complexity index is 1260. The number of ether oxygens (including phenoxy) is 7. The highest BCUT2D eigenvalue weighted by molar-refractivity contribution is 7.86. The minimum Gasteiger partial charge on any atom is -0.465 e. The Morgan fingerprint density at radius 2 is 1.48 bits per heavy atom. The second-order valence-electron chi connectivity index (χ2n) is 9.23. The molecule has 0 aromatic heterocycles. The van der Waals surface area contributed by atoms with Gasteiger partial charge < -0.3 is 33.2 Å². The van der Waals surface area contributed by atoms with Crippen LogP contribution in [0.4, 0.5) is 0 Å². The molecule has 0 saturated carbocycles. The van der Waals surface area contributed by atoms with E-state index in [-0.39, 0.29) is 4.90 Å². The minimum absolute atomic E-state index is 0.218. The predicted molar refractivity (Wildman–Crippen MR) is 138 cm³/mol. The van der Waals surface area contributed by atoms with Gasteiger partial charge in [0.15, 0.2) is 18.3 Å². The average molecular weight is 619 g/mol. The van der Waals surface area contributed by atoms with E-state index in [1.165, 1.54) is 24.3 Å². The van der Waals surface area contributed by atoms with Gasteiger partial charge in [-0.1, -0.05) is 17.7 Å². The van der Waals surface area contributed by atoms with Gasteiger partial charge in [0.1, 0.15) is 18.8 Å². The van der Waals surface area contributed by atoms with Gasteiger partial charge in [-0.25, -0.2) is 4.79 Å². The maximum atomic E-state index is 12.9. The van der Waals surface area contributed by atoms with Gasteiger partial charge in [-0.15, -0.1) is 0 Å². The molecule has 1 aliphatic heterocycles. The van der Waals surface area contributed by atoms with Crippen molar-refractivity contribution in [3.63, 3.8) is 0 Å². The lowest BCUT2D eigenvalue weighted by Gasteiger charge is -2.47. The summed E-state index contributed by atoms with van der Waals surface area (Å²) in [5.74, 6) is -7.06. The van der Waals surface area contributed by atoms with E-state index in [2.05, 4.69) is 0 Å². The normalized spacial score (nSPS) is 23.5. The molecule has 1 aliphatic rings. The van der Waals surface area contributed by atoms with Crippen LogP contribution in [-0.4, -0.2) is 95.4 Å². The van der Waals surface area contributed by atoms with Gasteiger partial charge in [-0.3, -0.25) is 23.4 Å². The molecule has 1 fully saturated rings. The lowest BCUT2D eigenvalue weighted by Crippen LogP contribution is -2.66. The van der Waals surface area contributed by atoms with Gasteiger partial charge in [0.2, 0.25) is 0 Å². The van der Waals surface area contributed by atoms with E-state index in [4.69, 9.17) is 37.3 Å². The van der Waals surface area contributed by atoms with Crippen LogP contribution in [0.2, 0.25) is 0 Å². The fraction of sp³-hybridized carbons (Fsp3) is 0.577. The summed E-state index contributed by atoms with van der Waals surface area (Å²) >= 11 is 0. The maximum absolute atomic E-state index is 12.9. The zero-order valence-corrected chi connectivity index (χ0v) is 25.0. The van der Waals surface area contributed by atoms with Crippen molar-refractivity contribution < 1.29 is 69.7 Å². The average Bonchev–Trinajstić information content (AvgIpc) is 2.89. The fourth-order valence-electron chi connectivity index (χ4n) is 4.22. The molecule has 0 amide bonds. The molecule has 42 heavy (non-hydrogen) atoms. The summed E-state index contributed by atoms with van der Waals surface area (Å²) in [6.45, 7) is 4.89. The van der Waals surface area contributed by atoms with Crippen LogP contribution in [0.15, 0.2) is 29.2 Å². The number of carbonyl (C=O) groups excluding carboxylic acids is 5. The van der Waals surface area contributed by atoms with E-state index in [0.29, 0.717) is 0 Å². The first kappa shape index (κ1) is 34.6. The number of carbonyl (C=O) groups is 5. The molecule has 0 unspecified atom stereocenters. The lowest BCUT2D eigenvalue weighted by atomic mass is 9.90. The van der Waals surface area contributed by atoms with Crippen molar-refractivity contribution in [3.05, 3.63) is 29.8 Å². The van der Waals surface area contributed by atoms with Crippen LogP contribution in [0.25, 0.3) is 0 Å². The molecule has 16 heteroatoms. The van der Waals surface area contributed by atoms with E-state index in [0.717, 1.165) is 47.5 Å². The smallest absolute Gasteiger partial charge is 0.366 e. The molecule has 234 valence electrons. The van der Waals surface area contributed by atoms with Crippen LogP contribution < -0.4 is 0 Å². The third-order valence-electron chi connectivity index (χ3n) is 5.94. The van der Waals surface area contributed by atoms with Crippen molar-refractivity contribution in [3.8, 4) is 0 Å². The third kappa shape index (κ3) is 8.95. The van der Waals surface area contributed by atoms with Gasteiger partial charge in [0.25, 0.3) is 15.9 Å². The molecule has 1 saturated heterocycles. The summed E-state index contributed by atoms with van der Waals surface area (Å²) in [6.07, 6.45) is -8.90. The molecule has 0 N–H and O–H groups in total. The lowest BCUT2D eigenvalue weighted by molar-refractivity contribution is -0.324. The van der Waals surface area contributed by atoms with Crippen molar-refractivity contribution in [1.82, 2.24) is 0 Å². The zero-order valence-electron chi connectivity index (χ0n) is 24.1. The number of benzene rings is 1. The molecule has 0 bridgehead atoms. The molecule has 15 nitrogen and oxygen atoms in total. The van der Waals surface area contributed by atoms with Crippen LogP contribution in [0, 0.1) is 6.92 Å². The Morgan fingerprint density at radius 1 is 0.905 bits per heavy atom. The second-order valence-corrected chi connectivity index (χ2v) is 10.8. The number of methoxy groups -OCH3 is 2. The van der Waals surface area contributed by atoms with Crippen LogP contribution in [0.5, 0.6) is 0 Å². The first-order valence-corrected chi connectivity index (χ1v) is 13.9. The summed E-state index contributed by atoms with van der Waals surface area (Å²) in [6, 6.07) is 5.66. The monoisotopic (exact) mass is 618 g/mol. The minimum atomic E-state index is -4.43. The highest BCUT2D eigenvalue weighted by Gasteiger charge is 2.60. The van der Waals surface area contributed by atoms with Crippen molar-refractivity contribution in [1.29, 1.82) is 0 Å². The highest BCUT2D eigenvalue weighted by Crippen LogP contribution is 2.38. The Balaban J connectivity index is 2.65. The highest BCUT2D eigenvalue weighted by atomic mass is 32.2. The van der Waals surface area contributed by atoms with Crippen LogP contribution >= 0.6 is 0 Å². The molecular formula is C26H34O15S. The van der Waals surface area contributed by atoms with Crippen molar-refractivity contribution >= 4 is 40.0 Å². The Kier molecular flexibility index (Phi) is 12.0. The summed E-state index contributed by atoms with van der Waals surface area (Å²) < 4.78 is 68.4. The summed E-state index contributed by atoms with van der Waals surface area (Å²) in [5, 5.41) is 0. The van der Waals surface area contributed by atoms with Crippen LogP contribution in [-0.2, 0) is 71.4 Å².